The third-order valence-electron chi connectivity index (χ3n) is 3.34. The molecule has 0 bridgehead atoms. The maximum Gasteiger partial charge on any atom is -0.00181 e. The summed E-state index contributed by atoms with van der Waals surface area (Å²) in [4.78, 5) is 0. The van der Waals surface area contributed by atoms with Gasteiger partial charge in [-0.15, -0.1) is 0 Å². The Labute approximate surface area is 76.9 Å². The number of unbranched alkanes of at least 4 members (excludes halogenated alkanes) is 2. The number of hydrogen-bond donors (Lipinski definition) is 1. The zero-order chi connectivity index (χ0) is 9.03. The fraction of sp³-hybridized carbons (Fsp3) is 1.00. The topological polar surface area (TPSA) is 12.0 Å². The highest BCUT2D eigenvalue weighted by Gasteiger charge is 2.47. The van der Waals surface area contributed by atoms with E-state index in [1.54, 1.807) is 0 Å². The van der Waals surface area contributed by atoms with Gasteiger partial charge in [0.1, 0.15) is 0 Å². The molecule has 1 aliphatic carbocycles. The first-order chi connectivity index (χ1) is 5.73. The molecule has 0 aromatic heterocycles. The van der Waals surface area contributed by atoms with E-state index in [1.165, 1.54) is 38.6 Å². The van der Waals surface area contributed by atoms with Gasteiger partial charge in [-0.1, -0.05) is 33.1 Å². The van der Waals surface area contributed by atoms with Gasteiger partial charge in [-0.2, -0.15) is 0 Å². The van der Waals surface area contributed by atoms with Crippen molar-refractivity contribution in [2.75, 3.05) is 13.6 Å². The minimum Gasteiger partial charge on any atom is -0.319 e. The highest BCUT2D eigenvalue weighted by atomic mass is 14.8. The Morgan fingerprint density at radius 3 is 2.75 bits per heavy atom. The van der Waals surface area contributed by atoms with E-state index in [4.69, 9.17) is 0 Å². The minimum absolute atomic E-state index is 0.707. The standard InChI is InChI=1S/C11H23N/c1-4-5-6-7-11(2)8-10(11)9-12-3/h10,12H,4-9H2,1-3H3. The third kappa shape index (κ3) is 2.48. The zero-order valence-corrected chi connectivity index (χ0v) is 8.82. The Morgan fingerprint density at radius 1 is 1.42 bits per heavy atom. The normalized spacial score (nSPS) is 33.8. The Morgan fingerprint density at radius 2 is 2.17 bits per heavy atom. The van der Waals surface area contributed by atoms with Crippen LogP contribution in [0.3, 0.4) is 0 Å². The summed E-state index contributed by atoms with van der Waals surface area (Å²) in [6, 6.07) is 0. The van der Waals surface area contributed by atoms with E-state index in [1.807, 2.05) is 0 Å². The summed E-state index contributed by atoms with van der Waals surface area (Å²) < 4.78 is 0. The zero-order valence-electron chi connectivity index (χ0n) is 8.82. The second-order valence-corrected chi connectivity index (χ2v) is 4.57. The summed E-state index contributed by atoms with van der Waals surface area (Å²) in [7, 11) is 2.06. The van der Waals surface area contributed by atoms with Gasteiger partial charge in [-0.3, -0.25) is 0 Å². The average Bonchev–Trinajstić information content (AvgIpc) is 2.64. The second-order valence-electron chi connectivity index (χ2n) is 4.57. The molecule has 1 rings (SSSR count). The molecule has 0 aromatic rings. The number of hydrogen-bond acceptors (Lipinski definition) is 1. The molecule has 12 heavy (non-hydrogen) atoms. The van der Waals surface area contributed by atoms with Gasteiger partial charge in [0.2, 0.25) is 0 Å². The van der Waals surface area contributed by atoms with Crippen LogP contribution in [0.25, 0.3) is 0 Å². The summed E-state index contributed by atoms with van der Waals surface area (Å²) in [5, 5.41) is 3.28. The van der Waals surface area contributed by atoms with Crippen LogP contribution >= 0.6 is 0 Å². The summed E-state index contributed by atoms with van der Waals surface area (Å²) in [5.74, 6) is 0.972. The number of nitrogens with one attached hydrogen (secondary N) is 1. The van der Waals surface area contributed by atoms with Gasteiger partial charge in [0, 0.05) is 0 Å². The van der Waals surface area contributed by atoms with Crippen molar-refractivity contribution in [3.05, 3.63) is 0 Å². The number of rotatable bonds is 6. The first kappa shape index (κ1) is 10.0. The summed E-state index contributed by atoms with van der Waals surface area (Å²) in [5.41, 5.74) is 0.707. The van der Waals surface area contributed by atoms with E-state index < -0.39 is 0 Å². The lowest BCUT2D eigenvalue weighted by Gasteiger charge is -2.09. The molecule has 0 aromatic carbocycles. The van der Waals surface area contributed by atoms with Crippen molar-refractivity contribution in [3.63, 3.8) is 0 Å². The monoisotopic (exact) mass is 169 g/mol. The lowest BCUT2D eigenvalue weighted by atomic mass is 9.98. The fourth-order valence-corrected chi connectivity index (χ4v) is 2.15. The highest BCUT2D eigenvalue weighted by molar-refractivity contribution is 4.99. The van der Waals surface area contributed by atoms with Gasteiger partial charge >= 0.3 is 0 Å². The molecule has 0 amide bonds. The molecule has 1 nitrogen and oxygen atoms in total. The van der Waals surface area contributed by atoms with Crippen LogP contribution in [0, 0.1) is 11.3 Å². The molecule has 1 heteroatoms. The third-order valence-corrected chi connectivity index (χ3v) is 3.34. The van der Waals surface area contributed by atoms with Gasteiger partial charge in [-0.25, -0.2) is 0 Å². The van der Waals surface area contributed by atoms with Crippen LogP contribution in [-0.2, 0) is 0 Å². The molecule has 0 spiro atoms. The lowest BCUT2D eigenvalue weighted by molar-refractivity contribution is 0.428. The highest BCUT2D eigenvalue weighted by Crippen LogP contribution is 2.55. The Hall–Kier alpha value is -0.0400. The van der Waals surface area contributed by atoms with Gasteiger partial charge in [0.25, 0.3) is 0 Å². The van der Waals surface area contributed by atoms with Crippen molar-refractivity contribution in [2.45, 2.75) is 46.0 Å². The predicted molar refractivity (Wildman–Crippen MR) is 54.3 cm³/mol. The van der Waals surface area contributed by atoms with Gasteiger partial charge in [0.05, 0.1) is 0 Å². The smallest absolute Gasteiger partial charge is 0.00181 e. The molecular weight excluding hydrogens is 146 g/mol. The van der Waals surface area contributed by atoms with Crippen molar-refractivity contribution in [3.8, 4) is 0 Å². The largest absolute Gasteiger partial charge is 0.319 e. The molecule has 0 radical (unpaired) electrons. The van der Waals surface area contributed by atoms with Crippen molar-refractivity contribution >= 4 is 0 Å². The van der Waals surface area contributed by atoms with Crippen LogP contribution in [0.5, 0.6) is 0 Å². The second kappa shape index (κ2) is 4.27. The molecule has 1 N–H and O–H groups in total. The van der Waals surface area contributed by atoms with Crippen LogP contribution in [0.1, 0.15) is 46.0 Å². The fourth-order valence-electron chi connectivity index (χ4n) is 2.15. The van der Waals surface area contributed by atoms with Crippen molar-refractivity contribution in [1.82, 2.24) is 5.32 Å². The van der Waals surface area contributed by atoms with E-state index in [0.717, 1.165) is 5.92 Å². The average molecular weight is 169 g/mol. The predicted octanol–water partition coefficient (Wildman–Crippen LogP) is 2.81. The van der Waals surface area contributed by atoms with Crippen LogP contribution in [0.15, 0.2) is 0 Å². The van der Waals surface area contributed by atoms with Gasteiger partial charge < -0.3 is 5.32 Å². The maximum absolute atomic E-state index is 3.28. The lowest BCUT2D eigenvalue weighted by Crippen LogP contribution is -2.13. The van der Waals surface area contributed by atoms with Crippen LogP contribution in [0.4, 0.5) is 0 Å². The molecule has 1 aliphatic rings. The molecule has 0 heterocycles. The first-order valence-corrected chi connectivity index (χ1v) is 5.37. The van der Waals surface area contributed by atoms with Gasteiger partial charge in [0.15, 0.2) is 0 Å². The van der Waals surface area contributed by atoms with Crippen LogP contribution in [0.2, 0.25) is 0 Å². The Balaban J connectivity index is 2.08. The quantitative estimate of drug-likeness (QED) is 0.603. The SMILES string of the molecule is CCCCCC1(C)CC1CNC. The molecular formula is C11H23N. The molecule has 72 valence electrons. The first-order valence-electron chi connectivity index (χ1n) is 5.37. The molecule has 1 saturated carbocycles. The summed E-state index contributed by atoms with van der Waals surface area (Å²) >= 11 is 0. The van der Waals surface area contributed by atoms with Crippen molar-refractivity contribution in [2.24, 2.45) is 11.3 Å². The van der Waals surface area contributed by atoms with E-state index in [-0.39, 0.29) is 0 Å². The van der Waals surface area contributed by atoms with E-state index in [0.29, 0.717) is 5.41 Å². The minimum atomic E-state index is 0.707. The molecule has 0 aliphatic heterocycles. The van der Waals surface area contributed by atoms with Crippen molar-refractivity contribution in [1.29, 1.82) is 0 Å². The van der Waals surface area contributed by atoms with Crippen molar-refractivity contribution < 1.29 is 0 Å². The summed E-state index contributed by atoms with van der Waals surface area (Å²) in [6.45, 7) is 5.95. The Kier molecular flexibility index (Phi) is 3.57. The van der Waals surface area contributed by atoms with Crippen LogP contribution < -0.4 is 5.32 Å². The summed E-state index contributed by atoms with van der Waals surface area (Å²) in [6.07, 6.45) is 7.12. The van der Waals surface area contributed by atoms with Gasteiger partial charge in [-0.05, 0) is 37.8 Å². The maximum atomic E-state index is 3.28. The van der Waals surface area contributed by atoms with E-state index >= 15 is 0 Å². The molecule has 2 unspecified atom stereocenters. The van der Waals surface area contributed by atoms with Crippen LogP contribution in [-0.4, -0.2) is 13.6 Å². The molecule has 1 fully saturated rings. The van der Waals surface area contributed by atoms with E-state index in [9.17, 15) is 0 Å². The van der Waals surface area contributed by atoms with E-state index in [2.05, 4.69) is 26.2 Å². The Bertz CT molecular complexity index is 133. The molecule has 2 atom stereocenters. The molecule has 0 saturated heterocycles.